The van der Waals surface area contributed by atoms with E-state index in [0.717, 1.165) is 0 Å². The summed E-state index contributed by atoms with van der Waals surface area (Å²) in [5.41, 5.74) is -2.99. The van der Waals surface area contributed by atoms with Gasteiger partial charge in [-0.1, -0.05) is 0 Å². The van der Waals surface area contributed by atoms with Gasteiger partial charge in [-0.25, -0.2) is 13.6 Å². The van der Waals surface area contributed by atoms with Gasteiger partial charge in [-0.2, -0.15) is 9.37 Å². The number of carbonyl (C=O) groups is 1. The van der Waals surface area contributed by atoms with Crippen LogP contribution in [-0.2, 0) is 0 Å². The molecule has 0 amide bonds. The Labute approximate surface area is 94.8 Å². The lowest BCUT2D eigenvalue weighted by Crippen LogP contribution is -2.21. The van der Waals surface area contributed by atoms with Crippen molar-refractivity contribution in [3.05, 3.63) is 23.1 Å². The molecule has 0 aliphatic rings. The number of nitrogens with zero attached hydrogens (tertiary/aromatic N) is 1. The van der Waals surface area contributed by atoms with E-state index in [4.69, 9.17) is 5.11 Å². The standard InChI is InChI=1S/C8H3F6NO3/c9-3-1-2(7(16)17)4(5(10)11)6(15-3)18-8(12,13)14/h1,5H,(H,16,17). The summed E-state index contributed by atoms with van der Waals surface area (Å²) in [6.07, 6.45) is -9.03. The first-order chi connectivity index (χ1) is 8.11. The van der Waals surface area contributed by atoms with Crippen LogP contribution in [0.2, 0.25) is 0 Å². The van der Waals surface area contributed by atoms with Gasteiger partial charge in [0.05, 0.1) is 11.1 Å². The van der Waals surface area contributed by atoms with Gasteiger partial charge in [0, 0.05) is 6.07 Å². The summed E-state index contributed by atoms with van der Waals surface area (Å²) >= 11 is 0. The highest BCUT2D eigenvalue weighted by Gasteiger charge is 2.36. The van der Waals surface area contributed by atoms with Crippen molar-refractivity contribution in [2.24, 2.45) is 0 Å². The fourth-order valence-corrected chi connectivity index (χ4v) is 1.08. The van der Waals surface area contributed by atoms with Crippen LogP contribution >= 0.6 is 0 Å². The molecular weight excluding hydrogens is 272 g/mol. The number of hydrogen-bond acceptors (Lipinski definition) is 3. The molecule has 0 fully saturated rings. The molecule has 1 heterocycles. The Morgan fingerprint density at radius 2 is 1.94 bits per heavy atom. The number of rotatable bonds is 3. The summed E-state index contributed by atoms with van der Waals surface area (Å²) in [6, 6.07) is 0.0764. The lowest BCUT2D eigenvalue weighted by Gasteiger charge is -2.13. The molecule has 0 radical (unpaired) electrons. The van der Waals surface area contributed by atoms with E-state index in [0.29, 0.717) is 0 Å². The smallest absolute Gasteiger partial charge is 0.478 e. The van der Waals surface area contributed by atoms with Gasteiger partial charge in [-0.3, -0.25) is 0 Å². The van der Waals surface area contributed by atoms with Crippen LogP contribution in [0.1, 0.15) is 22.3 Å². The van der Waals surface area contributed by atoms with Gasteiger partial charge >= 0.3 is 12.3 Å². The first-order valence-electron chi connectivity index (χ1n) is 4.09. The second-order valence-electron chi connectivity index (χ2n) is 2.87. The topological polar surface area (TPSA) is 59.4 Å². The van der Waals surface area contributed by atoms with Crippen LogP contribution in [0.5, 0.6) is 5.88 Å². The summed E-state index contributed by atoms with van der Waals surface area (Å²) in [4.78, 5) is 13.0. The minimum absolute atomic E-state index is 0.0764. The van der Waals surface area contributed by atoms with Gasteiger partial charge in [0.15, 0.2) is 0 Å². The minimum atomic E-state index is -5.40. The van der Waals surface area contributed by atoms with Crippen LogP contribution in [0.3, 0.4) is 0 Å². The Kier molecular flexibility index (Phi) is 3.67. The number of hydrogen-bond donors (Lipinski definition) is 1. The molecule has 1 rings (SSSR count). The summed E-state index contributed by atoms with van der Waals surface area (Å²) in [5.74, 6) is -5.54. The molecule has 4 nitrogen and oxygen atoms in total. The largest absolute Gasteiger partial charge is 0.574 e. The van der Waals surface area contributed by atoms with E-state index in [2.05, 4.69) is 9.72 Å². The molecule has 1 aromatic heterocycles. The van der Waals surface area contributed by atoms with Crippen molar-refractivity contribution in [3.8, 4) is 5.88 Å². The molecule has 10 heteroatoms. The van der Waals surface area contributed by atoms with E-state index in [1.54, 1.807) is 0 Å². The fraction of sp³-hybridized carbons (Fsp3) is 0.250. The number of carboxylic acids is 1. The van der Waals surface area contributed by atoms with E-state index in [1.807, 2.05) is 0 Å². The molecule has 1 aromatic rings. The molecule has 0 spiro atoms. The van der Waals surface area contributed by atoms with Gasteiger partial charge in [-0.05, 0) is 0 Å². The summed E-state index contributed by atoms with van der Waals surface area (Å²) in [5, 5.41) is 8.50. The molecule has 0 unspecified atom stereocenters. The van der Waals surface area contributed by atoms with Crippen molar-refractivity contribution in [1.29, 1.82) is 0 Å². The first kappa shape index (κ1) is 14.1. The zero-order valence-electron chi connectivity index (χ0n) is 8.13. The van der Waals surface area contributed by atoms with E-state index in [1.165, 1.54) is 0 Å². The molecule has 18 heavy (non-hydrogen) atoms. The molecule has 1 N–H and O–H groups in total. The highest BCUT2D eigenvalue weighted by atomic mass is 19.4. The maximum atomic E-state index is 12.7. The second-order valence-corrected chi connectivity index (χ2v) is 2.87. The number of halogens is 6. The lowest BCUT2D eigenvalue weighted by molar-refractivity contribution is -0.276. The normalized spacial score (nSPS) is 11.7. The summed E-state index contributed by atoms with van der Waals surface area (Å²) in [7, 11) is 0. The van der Waals surface area contributed by atoms with Crippen molar-refractivity contribution in [1.82, 2.24) is 4.98 Å². The average Bonchev–Trinajstić information content (AvgIpc) is 2.12. The van der Waals surface area contributed by atoms with Crippen molar-refractivity contribution >= 4 is 5.97 Å². The van der Waals surface area contributed by atoms with Crippen LogP contribution in [0.4, 0.5) is 26.3 Å². The lowest BCUT2D eigenvalue weighted by atomic mass is 10.1. The molecular formula is C8H3F6NO3. The quantitative estimate of drug-likeness (QED) is 0.680. The highest BCUT2D eigenvalue weighted by molar-refractivity contribution is 5.90. The molecule has 100 valence electrons. The highest BCUT2D eigenvalue weighted by Crippen LogP contribution is 2.34. The zero-order valence-corrected chi connectivity index (χ0v) is 8.13. The Bertz CT molecular complexity index is 473. The zero-order chi connectivity index (χ0) is 14.1. The van der Waals surface area contributed by atoms with E-state index >= 15 is 0 Å². The number of alkyl halides is 5. The van der Waals surface area contributed by atoms with Crippen molar-refractivity contribution in [2.45, 2.75) is 12.8 Å². The Morgan fingerprint density at radius 3 is 2.33 bits per heavy atom. The van der Waals surface area contributed by atoms with Gasteiger partial charge in [0.25, 0.3) is 6.43 Å². The molecule has 0 aliphatic carbocycles. The number of carboxylic acid groups (broad SMARTS) is 1. The van der Waals surface area contributed by atoms with Gasteiger partial charge < -0.3 is 9.84 Å². The predicted molar refractivity (Wildman–Crippen MR) is 42.8 cm³/mol. The van der Waals surface area contributed by atoms with Gasteiger partial charge in [0.2, 0.25) is 11.8 Å². The molecule has 0 aromatic carbocycles. The van der Waals surface area contributed by atoms with Gasteiger partial charge in [0.1, 0.15) is 0 Å². The third-order valence-electron chi connectivity index (χ3n) is 1.65. The van der Waals surface area contributed by atoms with Crippen molar-refractivity contribution < 1.29 is 41.0 Å². The molecule has 0 saturated carbocycles. The summed E-state index contributed by atoms with van der Waals surface area (Å²) < 4.78 is 76.4. The maximum Gasteiger partial charge on any atom is 0.574 e. The average molecular weight is 275 g/mol. The molecule has 0 saturated heterocycles. The Hall–Kier alpha value is -2.00. The van der Waals surface area contributed by atoms with Crippen LogP contribution in [-0.4, -0.2) is 22.4 Å². The third-order valence-corrected chi connectivity index (χ3v) is 1.65. The third kappa shape index (κ3) is 3.25. The van der Waals surface area contributed by atoms with Crippen LogP contribution in [0, 0.1) is 5.95 Å². The van der Waals surface area contributed by atoms with Crippen molar-refractivity contribution in [2.75, 3.05) is 0 Å². The van der Waals surface area contributed by atoms with Gasteiger partial charge in [-0.15, -0.1) is 13.2 Å². The molecule has 0 atom stereocenters. The minimum Gasteiger partial charge on any atom is -0.478 e. The summed E-state index contributed by atoms with van der Waals surface area (Å²) in [6.45, 7) is 0. The van der Waals surface area contributed by atoms with E-state index in [-0.39, 0.29) is 6.07 Å². The Morgan fingerprint density at radius 1 is 1.39 bits per heavy atom. The van der Waals surface area contributed by atoms with Crippen LogP contribution in [0.25, 0.3) is 0 Å². The SMILES string of the molecule is O=C(O)c1cc(F)nc(OC(F)(F)F)c1C(F)F. The first-order valence-corrected chi connectivity index (χ1v) is 4.09. The molecule has 0 aliphatic heterocycles. The number of aromatic carboxylic acids is 1. The molecule has 0 bridgehead atoms. The van der Waals surface area contributed by atoms with E-state index in [9.17, 15) is 31.1 Å². The van der Waals surface area contributed by atoms with Crippen LogP contribution in [0.15, 0.2) is 6.07 Å². The van der Waals surface area contributed by atoms with E-state index < -0.39 is 41.7 Å². The predicted octanol–water partition coefficient (Wildman–Crippen LogP) is 2.76. The number of ether oxygens (including phenoxy) is 1. The maximum absolute atomic E-state index is 12.7. The number of pyridine rings is 1. The van der Waals surface area contributed by atoms with Crippen LogP contribution < -0.4 is 4.74 Å². The number of aromatic nitrogens is 1. The fourth-order valence-electron chi connectivity index (χ4n) is 1.08. The van der Waals surface area contributed by atoms with Crippen molar-refractivity contribution in [3.63, 3.8) is 0 Å². The monoisotopic (exact) mass is 275 g/mol. The second kappa shape index (κ2) is 4.70. The Balaban J connectivity index is 3.44.